The minimum Gasteiger partial charge on any atom is -0.378 e. The molecule has 8 heteroatoms. The van der Waals surface area contributed by atoms with E-state index in [1.165, 1.54) is 0 Å². The van der Waals surface area contributed by atoms with Gasteiger partial charge < -0.3 is 9.64 Å². The second kappa shape index (κ2) is 6.92. The van der Waals surface area contributed by atoms with Crippen LogP contribution in [0, 0.1) is 0 Å². The van der Waals surface area contributed by atoms with E-state index in [9.17, 15) is 0 Å². The van der Waals surface area contributed by atoms with Crippen LogP contribution in [0.3, 0.4) is 0 Å². The summed E-state index contributed by atoms with van der Waals surface area (Å²) in [5, 5.41) is 8.12. The Morgan fingerprint density at radius 1 is 1.11 bits per heavy atom. The number of morpholine rings is 1. The summed E-state index contributed by atoms with van der Waals surface area (Å²) < 4.78 is 6.27. The number of fused-ring (bicyclic) bond motifs is 1. The molecule has 0 unspecified atom stereocenters. The van der Waals surface area contributed by atoms with Crippen molar-refractivity contribution in [1.29, 1.82) is 0 Å². The first-order chi connectivity index (χ1) is 13.3. The second-order valence-electron chi connectivity index (χ2n) is 6.26. The molecule has 0 radical (unpaired) electrons. The van der Waals surface area contributed by atoms with E-state index in [-0.39, 0.29) is 0 Å². The molecule has 4 aromatic rings. The molecular weight excluding hydrogens is 382 g/mol. The first-order valence-corrected chi connectivity index (χ1v) is 9.87. The fourth-order valence-electron chi connectivity index (χ4n) is 3.34. The van der Waals surface area contributed by atoms with Gasteiger partial charge >= 0.3 is 0 Å². The predicted molar refractivity (Wildman–Crippen MR) is 108 cm³/mol. The van der Waals surface area contributed by atoms with Crippen molar-refractivity contribution in [3.05, 3.63) is 47.1 Å². The summed E-state index contributed by atoms with van der Waals surface area (Å²) in [5.74, 6) is 0.930. The highest BCUT2D eigenvalue weighted by Crippen LogP contribution is 2.38. The molecule has 0 aromatic carbocycles. The molecule has 4 aromatic heterocycles. The van der Waals surface area contributed by atoms with Crippen molar-refractivity contribution in [2.45, 2.75) is 0 Å². The SMILES string of the molecule is Clc1ccc(-c2cc(N3CCOCC3)nc3c(-c4ccn[nH]4)nccc23)s1. The molecule has 0 spiro atoms. The quantitative estimate of drug-likeness (QED) is 0.560. The van der Waals surface area contributed by atoms with E-state index >= 15 is 0 Å². The van der Waals surface area contributed by atoms with E-state index in [1.54, 1.807) is 17.5 Å². The van der Waals surface area contributed by atoms with Crippen molar-refractivity contribution in [2.75, 3.05) is 31.2 Å². The molecule has 0 aliphatic carbocycles. The molecule has 0 saturated carbocycles. The molecule has 1 aliphatic heterocycles. The molecule has 136 valence electrons. The standard InChI is InChI=1S/C19H16ClN5OS/c20-16-2-1-15(27-16)13-11-17(25-7-9-26-10-8-25)23-18-12(13)3-5-21-19(18)14-4-6-22-24-14/h1-6,11H,7-10H2,(H,22,24). The van der Waals surface area contributed by atoms with Crippen LogP contribution >= 0.6 is 22.9 Å². The number of anilines is 1. The fraction of sp³-hybridized carbons (Fsp3) is 0.211. The summed E-state index contributed by atoms with van der Waals surface area (Å²) in [4.78, 5) is 12.9. The lowest BCUT2D eigenvalue weighted by molar-refractivity contribution is 0.122. The number of aromatic amines is 1. The number of halogens is 1. The summed E-state index contributed by atoms with van der Waals surface area (Å²) in [7, 11) is 0. The second-order valence-corrected chi connectivity index (χ2v) is 7.97. The van der Waals surface area contributed by atoms with Gasteiger partial charge in [0.05, 0.1) is 23.2 Å². The van der Waals surface area contributed by atoms with Crippen LogP contribution in [0.5, 0.6) is 0 Å². The lowest BCUT2D eigenvalue weighted by Crippen LogP contribution is -2.36. The number of pyridine rings is 2. The van der Waals surface area contributed by atoms with Crippen LogP contribution in [0.15, 0.2) is 42.7 Å². The Kier molecular flexibility index (Phi) is 4.27. The zero-order valence-corrected chi connectivity index (χ0v) is 15.9. The number of thiophene rings is 1. The van der Waals surface area contributed by atoms with Crippen LogP contribution in [0.25, 0.3) is 32.7 Å². The van der Waals surface area contributed by atoms with Crippen LogP contribution in [-0.2, 0) is 4.74 Å². The fourth-order valence-corrected chi connectivity index (χ4v) is 4.41. The average Bonchev–Trinajstić information content (AvgIpc) is 3.39. The maximum atomic E-state index is 6.21. The maximum Gasteiger partial charge on any atom is 0.130 e. The van der Waals surface area contributed by atoms with Crippen molar-refractivity contribution in [3.63, 3.8) is 0 Å². The number of nitrogens with one attached hydrogen (secondary N) is 1. The van der Waals surface area contributed by atoms with Gasteiger partial charge in [-0.1, -0.05) is 11.6 Å². The third kappa shape index (κ3) is 3.07. The molecular formula is C19H16ClN5OS. The zero-order valence-electron chi connectivity index (χ0n) is 14.4. The van der Waals surface area contributed by atoms with Gasteiger partial charge in [0.1, 0.15) is 17.0 Å². The lowest BCUT2D eigenvalue weighted by atomic mass is 10.1. The van der Waals surface area contributed by atoms with E-state index in [2.05, 4.69) is 32.2 Å². The molecule has 1 N–H and O–H groups in total. The summed E-state index contributed by atoms with van der Waals surface area (Å²) in [6, 6.07) is 10.0. The van der Waals surface area contributed by atoms with Crippen LogP contribution in [0.4, 0.5) is 5.82 Å². The van der Waals surface area contributed by atoms with Crippen LogP contribution in [0.1, 0.15) is 0 Å². The van der Waals surface area contributed by atoms with Gasteiger partial charge in [0, 0.05) is 41.3 Å². The van der Waals surface area contributed by atoms with Crippen molar-refractivity contribution >= 4 is 39.7 Å². The van der Waals surface area contributed by atoms with Crippen LogP contribution in [-0.4, -0.2) is 46.5 Å². The minimum absolute atomic E-state index is 0.709. The number of aromatic nitrogens is 4. The minimum atomic E-state index is 0.709. The number of hydrogen-bond acceptors (Lipinski definition) is 6. The highest BCUT2D eigenvalue weighted by Gasteiger charge is 2.19. The predicted octanol–water partition coefficient (Wildman–Crippen LogP) is 4.24. The molecule has 0 bridgehead atoms. The molecule has 27 heavy (non-hydrogen) atoms. The number of hydrogen-bond donors (Lipinski definition) is 1. The van der Waals surface area contributed by atoms with Gasteiger partial charge in [-0.15, -0.1) is 11.3 Å². The van der Waals surface area contributed by atoms with Crippen LogP contribution < -0.4 is 4.90 Å². The molecule has 1 fully saturated rings. The van der Waals surface area contributed by atoms with Gasteiger partial charge in [-0.25, -0.2) is 4.98 Å². The molecule has 5 heterocycles. The van der Waals surface area contributed by atoms with Crippen molar-refractivity contribution in [1.82, 2.24) is 20.2 Å². The highest BCUT2D eigenvalue weighted by molar-refractivity contribution is 7.19. The Labute approximate surface area is 164 Å². The Balaban J connectivity index is 1.77. The molecule has 5 rings (SSSR count). The van der Waals surface area contributed by atoms with Gasteiger partial charge in [0.2, 0.25) is 0 Å². The van der Waals surface area contributed by atoms with Gasteiger partial charge in [-0.05, 0) is 30.3 Å². The Morgan fingerprint density at radius 3 is 2.74 bits per heavy atom. The third-order valence-corrected chi connectivity index (χ3v) is 5.91. The average molecular weight is 398 g/mol. The zero-order chi connectivity index (χ0) is 18.2. The lowest BCUT2D eigenvalue weighted by Gasteiger charge is -2.28. The number of H-pyrrole nitrogens is 1. The molecule has 0 atom stereocenters. The van der Waals surface area contributed by atoms with Crippen molar-refractivity contribution < 1.29 is 4.74 Å². The molecule has 0 amide bonds. The summed E-state index contributed by atoms with van der Waals surface area (Å²) in [5.41, 5.74) is 3.61. The summed E-state index contributed by atoms with van der Waals surface area (Å²) >= 11 is 7.78. The topological polar surface area (TPSA) is 66.9 Å². The van der Waals surface area contributed by atoms with Gasteiger partial charge in [0.25, 0.3) is 0 Å². The number of nitrogens with zero attached hydrogens (tertiary/aromatic N) is 4. The number of ether oxygens (including phenoxy) is 1. The Hall–Kier alpha value is -2.48. The van der Waals surface area contributed by atoms with E-state index in [4.69, 9.17) is 21.3 Å². The van der Waals surface area contributed by atoms with Crippen molar-refractivity contribution in [3.8, 4) is 21.8 Å². The van der Waals surface area contributed by atoms with Crippen molar-refractivity contribution in [2.24, 2.45) is 0 Å². The number of rotatable bonds is 3. The van der Waals surface area contributed by atoms with E-state index in [1.807, 2.05) is 24.4 Å². The van der Waals surface area contributed by atoms with E-state index in [0.717, 1.165) is 56.0 Å². The van der Waals surface area contributed by atoms with Gasteiger partial charge in [-0.3, -0.25) is 10.1 Å². The third-order valence-electron chi connectivity index (χ3n) is 4.64. The Morgan fingerprint density at radius 2 is 2.00 bits per heavy atom. The summed E-state index contributed by atoms with van der Waals surface area (Å²) in [6.07, 6.45) is 3.54. The molecule has 1 aliphatic rings. The monoisotopic (exact) mass is 397 g/mol. The Bertz CT molecular complexity index is 1090. The first-order valence-electron chi connectivity index (χ1n) is 8.67. The maximum absolute atomic E-state index is 6.21. The van der Waals surface area contributed by atoms with Gasteiger partial charge in [0.15, 0.2) is 0 Å². The molecule has 6 nitrogen and oxygen atoms in total. The van der Waals surface area contributed by atoms with E-state index in [0.29, 0.717) is 13.2 Å². The van der Waals surface area contributed by atoms with Gasteiger partial charge in [-0.2, -0.15) is 5.10 Å². The van der Waals surface area contributed by atoms with E-state index < -0.39 is 0 Å². The first kappa shape index (κ1) is 16.7. The van der Waals surface area contributed by atoms with Crippen LogP contribution in [0.2, 0.25) is 4.34 Å². The normalized spacial score (nSPS) is 14.8. The molecule has 1 saturated heterocycles. The smallest absolute Gasteiger partial charge is 0.130 e. The highest BCUT2D eigenvalue weighted by atomic mass is 35.5. The summed E-state index contributed by atoms with van der Waals surface area (Å²) in [6.45, 7) is 3.06. The largest absolute Gasteiger partial charge is 0.378 e.